The molecule has 1 saturated heterocycles. The van der Waals surface area contributed by atoms with Gasteiger partial charge in [-0.1, -0.05) is 30.3 Å². The van der Waals surface area contributed by atoms with Gasteiger partial charge >= 0.3 is 6.09 Å². The Hall–Kier alpha value is -3.01. The van der Waals surface area contributed by atoms with E-state index in [9.17, 15) is 14.9 Å². The molecule has 7 heteroatoms. The number of carbonyl (C=O) groups is 2. The third-order valence-electron chi connectivity index (χ3n) is 4.52. The van der Waals surface area contributed by atoms with Crippen molar-refractivity contribution in [1.82, 2.24) is 15.5 Å². The number of piperidine rings is 1. The van der Waals surface area contributed by atoms with Gasteiger partial charge in [-0.05, 0) is 45.6 Å². The fourth-order valence-electron chi connectivity index (χ4n) is 2.97. The third kappa shape index (κ3) is 7.86. The molecule has 156 valence electrons. The van der Waals surface area contributed by atoms with Crippen LogP contribution in [0.3, 0.4) is 0 Å². The van der Waals surface area contributed by atoms with Gasteiger partial charge in [0.1, 0.15) is 17.2 Å². The maximum absolute atomic E-state index is 12.2. The molecule has 1 fully saturated rings. The number of rotatable bonds is 6. The first-order valence-electron chi connectivity index (χ1n) is 9.95. The maximum atomic E-state index is 12.2. The molecule has 2 N–H and O–H groups in total. The van der Waals surface area contributed by atoms with Crippen molar-refractivity contribution >= 4 is 12.0 Å². The Morgan fingerprint density at radius 3 is 2.48 bits per heavy atom. The molecule has 0 radical (unpaired) electrons. The Morgan fingerprint density at radius 1 is 1.24 bits per heavy atom. The SMILES string of the molecule is CC(C)(C)OC(=O)N1CCC(N/C=C(/C#N)C(=O)NCCc2ccccc2)CC1. The summed E-state index contributed by atoms with van der Waals surface area (Å²) in [4.78, 5) is 26.0. The van der Waals surface area contributed by atoms with Crippen LogP contribution in [0.25, 0.3) is 0 Å². The van der Waals surface area contributed by atoms with E-state index >= 15 is 0 Å². The standard InChI is InChI=1S/C22H30N4O3/c1-22(2,3)29-21(28)26-13-10-19(11-14-26)25-16-18(15-23)20(27)24-12-9-17-7-5-4-6-8-17/h4-8,16,19,25H,9-14H2,1-3H3,(H,24,27)/b18-16-. The Bertz CT molecular complexity index is 755. The lowest BCUT2D eigenvalue weighted by molar-refractivity contribution is -0.117. The van der Waals surface area contributed by atoms with Gasteiger partial charge in [0.2, 0.25) is 0 Å². The van der Waals surface area contributed by atoms with E-state index in [0.717, 1.165) is 18.4 Å². The Kier molecular flexibility index (Phi) is 8.08. The average molecular weight is 399 g/mol. The van der Waals surface area contributed by atoms with E-state index < -0.39 is 5.60 Å². The van der Waals surface area contributed by atoms with E-state index in [1.165, 1.54) is 6.20 Å². The fraction of sp³-hybridized carbons (Fsp3) is 0.500. The lowest BCUT2D eigenvalue weighted by atomic mass is 10.1. The predicted molar refractivity (Wildman–Crippen MR) is 111 cm³/mol. The van der Waals surface area contributed by atoms with Crippen LogP contribution in [0.5, 0.6) is 0 Å². The zero-order chi connectivity index (χ0) is 21.3. The summed E-state index contributed by atoms with van der Waals surface area (Å²) < 4.78 is 5.39. The topological polar surface area (TPSA) is 94.5 Å². The Labute approximate surface area is 172 Å². The summed E-state index contributed by atoms with van der Waals surface area (Å²) in [6.07, 6.45) is 3.34. The molecule has 1 aromatic rings. The fourth-order valence-corrected chi connectivity index (χ4v) is 2.97. The Balaban J connectivity index is 1.75. The van der Waals surface area contributed by atoms with Crippen molar-refractivity contribution in [3.05, 3.63) is 47.7 Å². The molecule has 0 unspecified atom stereocenters. The molecule has 0 bridgehead atoms. The van der Waals surface area contributed by atoms with Crippen molar-refractivity contribution < 1.29 is 14.3 Å². The molecule has 1 aliphatic rings. The van der Waals surface area contributed by atoms with Crippen LogP contribution in [0.1, 0.15) is 39.2 Å². The van der Waals surface area contributed by atoms with E-state index in [1.54, 1.807) is 4.90 Å². The number of nitrogens with zero attached hydrogens (tertiary/aromatic N) is 2. The van der Waals surface area contributed by atoms with Gasteiger partial charge in [-0.25, -0.2) is 4.79 Å². The zero-order valence-corrected chi connectivity index (χ0v) is 17.4. The number of nitrogens with one attached hydrogen (secondary N) is 2. The van der Waals surface area contributed by atoms with Gasteiger partial charge in [-0.3, -0.25) is 4.79 Å². The maximum Gasteiger partial charge on any atom is 0.410 e. The quantitative estimate of drug-likeness (QED) is 0.568. The van der Waals surface area contributed by atoms with Gasteiger partial charge in [-0.2, -0.15) is 5.26 Å². The molecule has 0 spiro atoms. The molecule has 29 heavy (non-hydrogen) atoms. The van der Waals surface area contributed by atoms with Gasteiger partial charge in [0.15, 0.2) is 0 Å². The molecule has 0 aliphatic carbocycles. The third-order valence-corrected chi connectivity index (χ3v) is 4.52. The largest absolute Gasteiger partial charge is 0.444 e. The molecule has 0 saturated carbocycles. The van der Waals surface area contributed by atoms with Crippen molar-refractivity contribution in [3.63, 3.8) is 0 Å². The summed E-state index contributed by atoms with van der Waals surface area (Å²) in [6, 6.07) is 11.9. The number of ether oxygens (including phenoxy) is 1. The summed E-state index contributed by atoms with van der Waals surface area (Å²) >= 11 is 0. The van der Waals surface area contributed by atoms with E-state index in [1.807, 2.05) is 57.2 Å². The number of amides is 2. The molecule has 7 nitrogen and oxygen atoms in total. The second-order valence-electron chi connectivity index (χ2n) is 8.07. The second kappa shape index (κ2) is 10.5. The first kappa shape index (κ1) is 22.3. The highest BCUT2D eigenvalue weighted by Crippen LogP contribution is 2.15. The first-order chi connectivity index (χ1) is 13.8. The minimum Gasteiger partial charge on any atom is -0.444 e. The van der Waals surface area contributed by atoms with Gasteiger partial charge in [0.05, 0.1) is 0 Å². The summed E-state index contributed by atoms with van der Waals surface area (Å²) in [7, 11) is 0. The van der Waals surface area contributed by atoms with Crippen molar-refractivity contribution in [2.45, 2.75) is 51.7 Å². The molecule has 2 amide bonds. The predicted octanol–water partition coefficient (Wildman–Crippen LogP) is 2.74. The van der Waals surface area contributed by atoms with Crippen molar-refractivity contribution in [2.24, 2.45) is 0 Å². The van der Waals surface area contributed by atoms with Crippen LogP contribution in [0, 0.1) is 11.3 Å². The normalized spacial score (nSPS) is 15.4. The van der Waals surface area contributed by atoms with Crippen LogP contribution < -0.4 is 10.6 Å². The molecule has 0 aromatic heterocycles. The molecule has 1 aromatic carbocycles. The number of nitriles is 1. The van der Waals surface area contributed by atoms with Crippen molar-refractivity contribution in [1.29, 1.82) is 5.26 Å². The molecular weight excluding hydrogens is 368 g/mol. The van der Waals surface area contributed by atoms with Crippen LogP contribution in [0.4, 0.5) is 4.79 Å². The lowest BCUT2D eigenvalue weighted by Crippen LogP contribution is -2.45. The van der Waals surface area contributed by atoms with Gasteiger partial charge in [-0.15, -0.1) is 0 Å². The summed E-state index contributed by atoms with van der Waals surface area (Å²) in [6.45, 7) is 7.16. The summed E-state index contributed by atoms with van der Waals surface area (Å²) in [5.74, 6) is -0.387. The van der Waals surface area contributed by atoms with E-state index in [0.29, 0.717) is 26.1 Å². The molecule has 0 atom stereocenters. The van der Waals surface area contributed by atoms with Gasteiger partial charge < -0.3 is 20.3 Å². The van der Waals surface area contributed by atoms with Gasteiger partial charge in [0.25, 0.3) is 5.91 Å². The van der Waals surface area contributed by atoms with Crippen LogP contribution in [0.15, 0.2) is 42.1 Å². The summed E-state index contributed by atoms with van der Waals surface area (Å²) in [5, 5.41) is 15.2. The highest BCUT2D eigenvalue weighted by molar-refractivity contribution is 5.97. The van der Waals surface area contributed by atoms with Crippen LogP contribution in [0.2, 0.25) is 0 Å². The van der Waals surface area contributed by atoms with Crippen LogP contribution in [-0.4, -0.2) is 48.2 Å². The molecule has 2 rings (SSSR count). The number of carbonyl (C=O) groups excluding carboxylic acids is 2. The summed E-state index contributed by atoms with van der Waals surface area (Å²) in [5.41, 5.74) is 0.669. The smallest absolute Gasteiger partial charge is 0.410 e. The zero-order valence-electron chi connectivity index (χ0n) is 17.4. The Morgan fingerprint density at radius 2 is 1.90 bits per heavy atom. The number of likely N-dealkylation sites (tertiary alicyclic amines) is 1. The van der Waals surface area contributed by atoms with Crippen molar-refractivity contribution in [3.8, 4) is 6.07 Å². The van der Waals surface area contributed by atoms with Crippen LogP contribution >= 0.6 is 0 Å². The lowest BCUT2D eigenvalue weighted by Gasteiger charge is -2.33. The second-order valence-corrected chi connectivity index (χ2v) is 8.07. The highest BCUT2D eigenvalue weighted by atomic mass is 16.6. The molecule has 1 aliphatic heterocycles. The number of benzene rings is 1. The van der Waals surface area contributed by atoms with E-state index in [4.69, 9.17) is 4.74 Å². The first-order valence-corrected chi connectivity index (χ1v) is 9.95. The monoisotopic (exact) mass is 398 g/mol. The average Bonchev–Trinajstić information content (AvgIpc) is 2.68. The minimum absolute atomic E-state index is 0.0487. The highest BCUT2D eigenvalue weighted by Gasteiger charge is 2.26. The van der Waals surface area contributed by atoms with Crippen molar-refractivity contribution in [2.75, 3.05) is 19.6 Å². The molecular formula is C22H30N4O3. The van der Waals surface area contributed by atoms with Crippen LogP contribution in [-0.2, 0) is 16.0 Å². The van der Waals surface area contributed by atoms with E-state index in [2.05, 4.69) is 10.6 Å². The minimum atomic E-state index is -0.509. The number of hydrogen-bond acceptors (Lipinski definition) is 5. The van der Waals surface area contributed by atoms with Gasteiger partial charge in [0, 0.05) is 31.9 Å². The number of hydrogen-bond donors (Lipinski definition) is 2. The molecule has 1 heterocycles. The van der Waals surface area contributed by atoms with E-state index in [-0.39, 0.29) is 23.6 Å².